The molecule has 0 saturated heterocycles. The fourth-order valence-electron chi connectivity index (χ4n) is 1.91. The van der Waals surface area contributed by atoms with E-state index < -0.39 is 5.67 Å². The molecule has 0 radical (unpaired) electrons. The lowest BCUT2D eigenvalue weighted by Gasteiger charge is -2.21. The molecule has 12 heavy (non-hydrogen) atoms. The molecule has 0 N–H and O–H groups in total. The predicted octanol–water partition coefficient (Wildman–Crippen LogP) is 2.24. The number of carbonyl (C=O) groups excluding carboxylic acids is 1. The molecule has 2 atom stereocenters. The Balaban J connectivity index is 2.36. The molecule has 1 rings (SSSR count). The molecule has 1 aliphatic carbocycles. The zero-order chi connectivity index (χ0) is 9.03. The lowest BCUT2D eigenvalue weighted by Crippen LogP contribution is -2.23. The maximum Gasteiger partial charge on any atom is 0.234 e. The van der Waals surface area contributed by atoms with Crippen molar-refractivity contribution >= 4 is 6.08 Å². The number of hydrogen-bond donors (Lipinski definition) is 0. The Hall–Kier alpha value is -0.690. The third-order valence-electron chi connectivity index (χ3n) is 2.72. The first-order chi connectivity index (χ1) is 5.67. The van der Waals surface area contributed by atoms with Crippen LogP contribution >= 0.6 is 0 Å². The number of halogens is 1. The normalized spacial score (nSPS) is 34.7. The summed E-state index contributed by atoms with van der Waals surface area (Å²) in [5.41, 5.74) is -1.03. The van der Waals surface area contributed by atoms with E-state index in [-0.39, 0.29) is 5.92 Å². The zero-order valence-electron chi connectivity index (χ0n) is 7.35. The molecule has 1 aliphatic rings. The summed E-state index contributed by atoms with van der Waals surface area (Å²) >= 11 is 0. The van der Waals surface area contributed by atoms with Crippen LogP contribution in [0.2, 0.25) is 0 Å². The van der Waals surface area contributed by atoms with Gasteiger partial charge in [0.25, 0.3) is 0 Å². The summed E-state index contributed by atoms with van der Waals surface area (Å²) in [6, 6.07) is 0. The van der Waals surface area contributed by atoms with Crippen molar-refractivity contribution in [2.45, 2.75) is 38.3 Å². The van der Waals surface area contributed by atoms with E-state index in [0.29, 0.717) is 19.4 Å². The van der Waals surface area contributed by atoms with Crippen LogP contribution in [0.15, 0.2) is 4.99 Å². The first-order valence-corrected chi connectivity index (χ1v) is 4.39. The molecule has 0 spiro atoms. The van der Waals surface area contributed by atoms with Crippen molar-refractivity contribution in [3.05, 3.63) is 0 Å². The summed E-state index contributed by atoms with van der Waals surface area (Å²) in [4.78, 5) is 13.2. The number of aliphatic imine (C=N–C) groups is 1. The number of nitrogens with zero attached hydrogens (tertiary/aromatic N) is 1. The smallest absolute Gasteiger partial charge is 0.234 e. The Kier molecular flexibility index (Phi) is 2.99. The highest BCUT2D eigenvalue weighted by atomic mass is 19.1. The van der Waals surface area contributed by atoms with Crippen LogP contribution in [-0.2, 0) is 4.79 Å². The van der Waals surface area contributed by atoms with Gasteiger partial charge in [0.05, 0.1) is 6.54 Å². The van der Waals surface area contributed by atoms with Crippen molar-refractivity contribution in [3.8, 4) is 0 Å². The molecule has 2 unspecified atom stereocenters. The highest BCUT2D eigenvalue weighted by Crippen LogP contribution is 2.40. The first-order valence-electron chi connectivity index (χ1n) is 4.39. The molecule has 0 aromatic rings. The lowest BCUT2D eigenvalue weighted by atomic mass is 9.92. The van der Waals surface area contributed by atoms with Crippen LogP contribution in [0.4, 0.5) is 4.39 Å². The van der Waals surface area contributed by atoms with Gasteiger partial charge in [-0.2, -0.15) is 0 Å². The van der Waals surface area contributed by atoms with E-state index in [2.05, 4.69) is 4.99 Å². The van der Waals surface area contributed by atoms with Crippen molar-refractivity contribution in [1.29, 1.82) is 0 Å². The van der Waals surface area contributed by atoms with E-state index in [1.807, 2.05) is 0 Å². The van der Waals surface area contributed by atoms with Gasteiger partial charge in [-0.3, -0.25) is 0 Å². The SMILES string of the molecule is CC1(F)CCCC1CCN=C=O. The molecule has 1 fully saturated rings. The molecule has 3 heteroatoms. The predicted molar refractivity (Wildman–Crippen MR) is 44.5 cm³/mol. The molecule has 0 amide bonds. The van der Waals surface area contributed by atoms with E-state index in [1.54, 1.807) is 6.92 Å². The Morgan fingerprint density at radius 2 is 2.50 bits per heavy atom. The van der Waals surface area contributed by atoms with Crippen LogP contribution in [0.5, 0.6) is 0 Å². The molecular formula is C9H14FNO. The van der Waals surface area contributed by atoms with Gasteiger partial charge < -0.3 is 0 Å². The number of alkyl halides is 1. The molecule has 68 valence electrons. The molecule has 0 aromatic carbocycles. The Labute approximate surface area is 71.9 Å². The topological polar surface area (TPSA) is 29.4 Å². The molecule has 0 aromatic heterocycles. The van der Waals surface area contributed by atoms with Crippen LogP contribution < -0.4 is 0 Å². The third-order valence-corrected chi connectivity index (χ3v) is 2.72. The monoisotopic (exact) mass is 171 g/mol. The third kappa shape index (κ3) is 2.15. The number of hydrogen-bond acceptors (Lipinski definition) is 2. The van der Waals surface area contributed by atoms with Crippen molar-refractivity contribution < 1.29 is 9.18 Å². The van der Waals surface area contributed by atoms with Crippen molar-refractivity contribution in [3.63, 3.8) is 0 Å². The molecular weight excluding hydrogens is 157 g/mol. The van der Waals surface area contributed by atoms with Crippen molar-refractivity contribution in [2.24, 2.45) is 10.9 Å². The van der Waals surface area contributed by atoms with Gasteiger partial charge >= 0.3 is 0 Å². The molecule has 0 bridgehead atoms. The van der Waals surface area contributed by atoms with E-state index in [0.717, 1.165) is 12.8 Å². The second-order valence-corrected chi connectivity index (χ2v) is 3.63. The van der Waals surface area contributed by atoms with Gasteiger partial charge in [-0.05, 0) is 38.5 Å². The summed E-state index contributed by atoms with van der Waals surface area (Å²) in [6.45, 7) is 2.07. The Morgan fingerprint density at radius 1 is 1.75 bits per heavy atom. The summed E-state index contributed by atoms with van der Waals surface area (Å²) in [5, 5.41) is 0. The maximum atomic E-state index is 13.6. The minimum Gasteiger partial charge on any atom is -0.244 e. The lowest BCUT2D eigenvalue weighted by molar-refractivity contribution is 0.128. The van der Waals surface area contributed by atoms with E-state index in [1.165, 1.54) is 6.08 Å². The highest BCUT2D eigenvalue weighted by Gasteiger charge is 2.38. The largest absolute Gasteiger partial charge is 0.244 e. The minimum atomic E-state index is -1.03. The second-order valence-electron chi connectivity index (χ2n) is 3.63. The van der Waals surface area contributed by atoms with Gasteiger partial charge in [0.2, 0.25) is 6.08 Å². The average molecular weight is 171 g/mol. The molecule has 1 saturated carbocycles. The highest BCUT2D eigenvalue weighted by molar-refractivity contribution is 5.32. The van der Waals surface area contributed by atoms with E-state index in [9.17, 15) is 9.18 Å². The molecule has 2 nitrogen and oxygen atoms in total. The number of isocyanates is 1. The fourth-order valence-corrected chi connectivity index (χ4v) is 1.91. The standard InChI is InChI=1S/C9H14FNO/c1-9(10)5-2-3-8(9)4-6-11-7-12/h8H,2-6H2,1H3. The Morgan fingerprint density at radius 3 is 3.00 bits per heavy atom. The second kappa shape index (κ2) is 3.81. The summed E-state index contributed by atoms with van der Waals surface area (Å²) < 4.78 is 13.6. The van der Waals surface area contributed by atoms with Crippen molar-refractivity contribution in [1.82, 2.24) is 0 Å². The summed E-state index contributed by atoms with van der Waals surface area (Å²) in [5.74, 6) is 0.0922. The quantitative estimate of drug-likeness (QED) is 0.473. The first kappa shape index (κ1) is 9.40. The van der Waals surface area contributed by atoms with E-state index >= 15 is 0 Å². The van der Waals surface area contributed by atoms with Gasteiger partial charge in [0, 0.05) is 0 Å². The van der Waals surface area contributed by atoms with Crippen molar-refractivity contribution in [2.75, 3.05) is 6.54 Å². The zero-order valence-corrected chi connectivity index (χ0v) is 7.35. The van der Waals surface area contributed by atoms with Gasteiger partial charge in [0.1, 0.15) is 5.67 Å². The van der Waals surface area contributed by atoms with Gasteiger partial charge in [-0.25, -0.2) is 14.2 Å². The van der Waals surface area contributed by atoms with Crippen LogP contribution in [0.3, 0.4) is 0 Å². The van der Waals surface area contributed by atoms with Crippen LogP contribution in [-0.4, -0.2) is 18.3 Å². The average Bonchev–Trinajstić information content (AvgIpc) is 2.32. The van der Waals surface area contributed by atoms with Gasteiger partial charge in [0.15, 0.2) is 0 Å². The molecule has 0 heterocycles. The number of rotatable bonds is 3. The molecule has 0 aliphatic heterocycles. The minimum absolute atomic E-state index is 0.0922. The Bertz CT molecular complexity index is 197. The van der Waals surface area contributed by atoms with E-state index in [4.69, 9.17) is 0 Å². The maximum absolute atomic E-state index is 13.6. The van der Waals surface area contributed by atoms with Crippen LogP contribution in [0, 0.1) is 5.92 Å². The summed E-state index contributed by atoms with van der Waals surface area (Å²) in [7, 11) is 0. The van der Waals surface area contributed by atoms with Crippen LogP contribution in [0.25, 0.3) is 0 Å². The fraction of sp³-hybridized carbons (Fsp3) is 0.889. The van der Waals surface area contributed by atoms with Gasteiger partial charge in [-0.1, -0.05) is 0 Å². The summed E-state index contributed by atoms with van der Waals surface area (Å²) in [6.07, 6.45) is 4.70. The van der Waals surface area contributed by atoms with Gasteiger partial charge in [-0.15, -0.1) is 0 Å². The van der Waals surface area contributed by atoms with Crippen LogP contribution in [0.1, 0.15) is 32.6 Å².